The van der Waals surface area contributed by atoms with Crippen LogP contribution in [0.5, 0.6) is 0 Å². The smallest absolute Gasteiger partial charge is 0.304 e. The van der Waals surface area contributed by atoms with Crippen LogP contribution in [0.3, 0.4) is 0 Å². The van der Waals surface area contributed by atoms with Crippen LogP contribution in [0, 0.1) is 10.1 Å². The summed E-state index contributed by atoms with van der Waals surface area (Å²) in [5.41, 5.74) is 0.441. The Morgan fingerprint density at radius 2 is 2.33 bits per heavy atom. The molecule has 1 aromatic rings. The van der Waals surface area contributed by atoms with Crippen molar-refractivity contribution in [3.63, 3.8) is 0 Å². The molecule has 0 spiro atoms. The van der Waals surface area contributed by atoms with E-state index in [-0.39, 0.29) is 6.42 Å². The zero-order valence-electron chi connectivity index (χ0n) is 7.87. The van der Waals surface area contributed by atoms with Gasteiger partial charge in [-0.2, -0.15) is 0 Å². The van der Waals surface area contributed by atoms with Crippen molar-refractivity contribution in [3.8, 4) is 0 Å². The van der Waals surface area contributed by atoms with E-state index in [1.807, 2.05) is 0 Å². The number of nitro groups is 1. The third-order valence-corrected chi connectivity index (χ3v) is 1.90. The molecule has 1 atom stereocenters. The Morgan fingerprint density at radius 3 is 2.80 bits per heavy atom. The lowest BCUT2D eigenvalue weighted by molar-refractivity contribution is -0.483. The topological polar surface area (TPSA) is 93.3 Å². The molecule has 0 saturated heterocycles. The van der Waals surface area contributed by atoms with Crippen LogP contribution >= 0.6 is 0 Å². The van der Waals surface area contributed by atoms with Gasteiger partial charge in [0.1, 0.15) is 0 Å². The van der Waals surface area contributed by atoms with E-state index in [1.54, 1.807) is 18.2 Å². The maximum absolute atomic E-state index is 10.5. The predicted octanol–water partition coefficient (Wildman–Crippen LogP) is 0.917. The maximum atomic E-state index is 10.5. The number of hydrogen-bond acceptors (Lipinski definition) is 4. The van der Waals surface area contributed by atoms with Gasteiger partial charge >= 0.3 is 5.97 Å². The minimum absolute atomic E-state index is 0.280. The van der Waals surface area contributed by atoms with E-state index < -0.39 is 23.4 Å². The fourth-order valence-corrected chi connectivity index (χ4v) is 1.27. The summed E-state index contributed by atoms with van der Waals surface area (Å²) in [6, 6.07) is 4.95. The molecule has 0 radical (unpaired) electrons. The van der Waals surface area contributed by atoms with E-state index in [0.717, 1.165) is 0 Å². The second kappa shape index (κ2) is 5.04. The molecule has 0 bridgehead atoms. The molecular weight excluding hydrogens is 200 g/mol. The number of aromatic nitrogens is 1. The molecule has 0 fully saturated rings. The van der Waals surface area contributed by atoms with Gasteiger partial charge in [0.2, 0.25) is 6.54 Å². The van der Waals surface area contributed by atoms with Gasteiger partial charge < -0.3 is 5.11 Å². The first kappa shape index (κ1) is 11.1. The summed E-state index contributed by atoms with van der Waals surface area (Å²) in [5.74, 6) is -1.73. The molecule has 0 saturated carbocycles. The fraction of sp³-hybridized carbons (Fsp3) is 0.333. The zero-order valence-corrected chi connectivity index (χ0v) is 7.87. The van der Waals surface area contributed by atoms with E-state index >= 15 is 0 Å². The Hall–Kier alpha value is -1.98. The highest BCUT2D eigenvalue weighted by molar-refractivity contribution is 5.67. The number of carbonyl (C=O) groups is 1. The highest BCUT2D eigenvalue weighted by atomic mass is 16.6. The Morgan fingerprint density at radius 1 is 1.60 bits per heavy atom. The number of rotatable bonds is 5. The Kier molecular flexibility index (Phi) is 3.73. The molecule has 1 aromatic heterocycles. The monoisotopic (exact) mass is 210 g/mol. The summed E-state index contributed by atoms with van der Waals surface area (Å²) in [6.07, 6.45) is 1.21. The van der Waals surface area contributed by atoms with Crippen LogP contribution < -0.4 is 0 Å². The van der Waals surface area contributed by atoms with Crippen molar-refractivity contribution in [2.75, 3.05) is 6.54 Å². The quantitative estimate of drug-likeness (QED) is 0.576. The van der Waals surface area contributed by atoms with Crippen molar-refractivity contribution in [2.45, 2.75) is 12.3 Å². The van der Waals surface area contributed by atoms with Crippen molar-refractivity contribution in [1.29, 1.82) is 0 Å². The first-order valence-corrected chi connectivity index (χ1v) is 4.34. The maximum Gasteiger partial charge on any atom is 0.304 e. The number of nitrogens with zero attached hydrogens (tertiary/aromatic N) is 2. The molecule has 0 amide bonds. The number of carboxylic acids is 1. The minimum Gasteiger partial charge on any atom is -0.481 e. The standard InChI is InChI=1S/C9H10N2O4/c12-9(13)5-7(6-11(14)15)8-3-1-2-4-10-8/h1-4,7H,5-6H2,(H,12,13). The van der Waals surface area contributed by atoms with E-state index in [0.29, 0.717) is 5.69 Å². The fourth-order valence-electron chi connectivity index (χ4n) is 1.27. The second-order valence-electron chi connectivity index (χ2n) is 3.06. The molecule has 0 aliphatic carbocycles. The molecule has 0 aliphatic rings. The third kappa shape index (κ3) is 3.72. The summed E-state index contributed by atoms with van der Waals surface area (Å²) in [6.45, 7) is -0.413. The van der Waals surface area contributed by atoms with Gasteiger partial charge in [-0.25, -0.2) is 0 Å². The highest BCUT2D eigenvalue weighted by Gasteiger charge is 2.21. The van der Waals surface area contributed by atoms with Crippen molar-refractivity contribution in [1.82, 2.24) is 4.98 Å². The van der Waals surface area contributed by atoms with Gasteiger partial charge in [-0.15, -0.1) is 0 Å². The number of pyridine rings is 1. The molecule has 80 valence electrons. The van der Waals surface area contributed by atoms with Crippen molar-refractivity contribution >= 4 is 5.97 Å². The van der Waals surface area contributed by atoms with Crippen molar-refractivity contribution < 1.29 is 14.8 Å². The van der Waals surface area contributed by atoms with E-state index in [4.69, 9.17) is 5.11 Å². The van der Waals surface area contributed by atoms with Crippen LogP contribution in [0.2, 0.25) is 0 Å². The average molecular weight is 210 g/mol. The summed E-state index contributed by atoms with van der Waals surface area (Å²) < 4.78 is 0. The normalized spacial score (nSPS) is 12.0. The van der Waals surface area contributed by atoms with Gasteiger partial charge in [-0.1, -0.05) is 6.07 Å². The molecule has 0 aromatic carbocycles. The molecule has 0 aliphatic heterocycles. The Labute approximate surface area is 85.7 Å². The first-order valence-electron chi connectivity index (χ1n) is 4.34. The predicted molar refractivity (Wildman–Crippen MR) is 51.1 cm³/mol. The summed E-state index contributed by atoms with van der Waals surface area (Å²) in [5, 5.41) is 19.0. The summed E-state index contributed by atoms with van der Waals surface area (Å²) >= 11 is 0. The summed E-state index contributed by atoms with van der Waals surface area (Å²) in [4.78, 5) is 24.3. The lowest BCUT2D eigenvalue weighted by Gasteiger charge is -2.08. The van der Waals surface area contributed by atoms with Crippen LogP contribution in [-0.4, -0.2) is 27.5 Å². The molecule has 6 nitrogen and oxygen atoms in total. The van der Waals surface area contributed by atoms with E-state index in [1.165, 1.54) is 6.20 Å². The number of carboxylic acid groups (broad SMARTS) is 1. The van der Waals surface area contributed by atoms with Gasteiger partial charge in [0.05, 0.1) is 18.0 Å². The largest absolute Gasteiger partial charge is 0.481 e. The van der Waals surface area contributed by atoms with Gasteiger partial charge in [0.15, 0.2) is 0 Å². The van der Waals surface area contributed by atoms with Crippen molar-refractivity contribution in [3.05, 3.63) is 40.2 Å². The SMILES string of the molecule is O=C(O)CC(C[N+](=O)[O-])c1ccccn1. The Bertz CT molecular complexity index is 336. The van der Waals surface area contributed by atoms with Gasteiger partial charge in [-0.3, -0.25) is 19.9 Å². The lowest BCUT2D eigenvalue weighted by atomic mass is 10.0. The molecule has 1 N–H and O–H groups in total. The molecule has 15 heavy (non-hydrogen) atoms. The molecule has 1 rings (SSSR count). The van der Waals surface area contributed by atoms with Crippen LogP contribution in [0.25, 0.3) is 0 Å². The molecule has 1 heterocycles. The van der Waals surface area contributed by atoms with Gasteiger partial charge in [0, 0.05) is 11.1 Å². The lowest BCUT2D eigenvalue weighted by Crippen LogP contribution is -2.17. The van der Waals surface area contributed by atoms with Crippen LogP contribution in [-0.2, 0) is 4.79 Å². The zero-order chi connectivity index (χ0) is 11.3. The number of hydrogen-bond donors (Lipinski definition) is 1. The van der Waals surface area contributed by atoms with Gasteiger partial charge in [0.25, 0.3) is 0 Å². The minimum atomic E-state index is -1.06. The molecule has 6 heteroatoms. The van der Waals surface area contributed by atoms with E-state index in [2.05, 4.69) is 4.98 Å². The van der Waals surface area contributed by atoms with Crippen molar-refractivity contribution in [2.24, 2.45) is 0 Å². The Balaban J connectivity index is 2.81. The average Bonchev–Trinajstić information content (AvgIpc) is 2.17. The van der Waals surface area contributed by atoms with Crippen LogP contribution in [0.4, 0.5) is 0 Å². The summed E-state index contributed by atoms with van der Waals surface area (Å²) in [7, 11) is 0. The number of aliphatic carboxylic acids is 1. The molecular formula is C9H10N2O4. The van der Waals surface area contributed by atoms with E-state index in [9.17, 15) is 14.9 Å². The first-order chi connectivity index (χ1) is 7.09. The molecule has 1 unspecified atom stereocenters. The van der Waals surface area contributed by atoms with Crippen LogP contribution in [0.15, 0.2) is 24.4 Å². The second-order valence-corrected chi connectivity index (χ2v) is 3.06. The third-order valence-electron chi connectivity index (χ3n) is 1.90. The van der Waals surface area contributed by atoms with Crippen LogP contribution in [0.1, 0.15) is 18.0 Å². The van der Waals surface area contributed by atoms with Gasteiger partial charge in [-0.05, 0) is 12.1 Å². The highest BCUT2D eigenvalue weighted by Crippen LogP contribution is 2.17.